The molecule has 0 aliphatic carbocycles. The van der Waals surface area contributed by atoms with Crippen molar-refractivity contribution in [2.24, 2.45) is 0 Å². The molecule has 0 bridgehead atoms. The summed E-state index contributed by atoms with van der Waals surface area (Å²) in [5, 5.41) is 10.9. The fourth-order valence-electron chi connectivity index (χ4n) is 1.13. The number of carboxylic acid groups (broad SMARTS) is 1. The van der Waals surface area contributed by atoms with Gasteiger partial charge in [0.2, 0.25) is 5.91 Å². The molecule has 0 radical (unpaired) electrons. The van der Waals surface area contributed by atoms with E-state index in [0.717, 1.165) is 17.4 Å². The van der Waals surface area contributed by atoms with Crippen LogP contribution in [0.5, 0.6) is 0 Å². The van der Waals surface area contributed by atoms with E-state index in [9.17, 15) is 14.4 Å². The van der Waals surface area contributed by atoms with E-state index < -0.39 is 17.8 Å². The quantitative estimate of drug-likeness (QED) is 0.622. The van der Waals surface area contributed by atoms with Crippen molar-refractivity contribution in [1.82, 2.24) is 4.98 Å². The fourth-order valence-corrected chi connectivity index (χ4v) is 1.99. The summed E-state index contributed by atoms with van der Waals surface area (Å²) in [7, 11) is 0. The number of hydrogen-bond acceptors (Lipinski definition) is 6. The zero-order valence-corrected chi connectivity index (χ0v) is 11.1. The molecule has 0 atom stereocenters. The number of aryl methyl sites for hydroxylation is 1. The SMILES string of the molecule is CCOC(=O)c1sc(NC(=O)/C=C\C(=O)O)nc1C. The molecular formula is C11H12N2O5S. The summed E-state index contributed by atoms with van der Waals surface area (Å²) in [6.45, 7) is 3.55. The number of nitrogens with one attached hydrogen (secondary N) is 1. The Morgan fingerprint density at radius 1 is 1.42 bits per heavy atom. The van der Waals surface area contributed by atoms with Crippen LogP contribution in [0.25, 0.3) is 0 Å². The third-order valence-electron chi connectivity index (χ3n) is 1.86. The number of hydrogen-bond donors (Lipinski definition) is 2. The Hall–Kier alpha value is -2.22. The second-order valence-electron chi connectivity index (χ2n) is 3.31. The maximum Gasteiger partial charge on any atom is 0.350 e. The number of carboxylic acids is 1. The van der Waals surface area contributed by atoms with E-state index in [0.29, 0.717) is 16.6 Å². The summed E-state index contributed by atoms with van der Waals surface area (Å²) in [4.78, 5) is 37.4. The monoisotopic (exact) mass is 284 g/mol. The van der Waals surface area contributed by atoms with Crippen molar-refractivity contribution in [2.75, 3.05) is 11.9 Å². The zero-order valence-electron chi connectivity index (χ0n) is 10.3. The van der Waals surface area contributed by atoms with Gasteiger partial charge in [-0.15, -0.1) is 0 Å². The first-order chi connectivity index (χ1) is 8.93. The topological polar surface area (TPSA) is 106 Å². The lowest BCUT2D eigenvalue weighted by Gasteiger charge is -1.97. The van der Waals surface area contributed by atoms with Crippen molar-refractivity contribution in [1.29, 1.82) is 0 Å². The van der Waals surface area contributed by atoms with E-state index >= 15 is 0 Å². The molecule has 0 saturated carbocycles. The molecule has 1 rings (SSSR count). The average Bonchev–Trinajstić information content (AvgIpc) is 2.68. The van der Waals surface area contributed by atoms with Gasteiger partial charge in [-0.25, -0.2) is 14.6 Å². The molecule has 0 saturated heterocycles. The first kappa shape index (κ1) is 14.8. The lowest BCUT2D eigenvalue weighted by atomic mass is 10.4. The summed E-state index contributed by atoms with van der Waals surface area (Å²) in [6.07, 6.45) is 1.57. The van der Waals surface area contributed by atoms with E-state index in [2.05, 4.69) is 10.3 Å². The van der Waals surface area contributed by atoms with Crippen molar-refractivity contribution >= 4 is 34.3 Å². The van der Waals surface area contributed by atoms with Crippen LogP contribution in [0.15, 0.2) is 12.2 Å². The van der Waals surface area contributed by atoms with Gasteiger partial charge in [-0.1, -0.05) is 11.3 Å². The molecule has 1 heterocycles. The van der Waals surface area contributed by atoms with Gasteiger partial charge in [0.25, 0.3) is 0 Å². The Balaban J connectivity index is 2.76. The van der Waals surface area contributed by atoms with Crippen LogP contribution >= 0.6 is 11.3 Å². The van der Waals surface area contributed by atoms with Crippen LogP contribution in [0.2, 0.25) is 0 Å². The molecule has 19 heavy (non-hydrogen) atoms. The lowest BCUT2D eigenvalue weighted by molar-refractivity contribution is -0.131. The molecule has 0 aliphatic rings. The van der Waals surface area contributed by atoms with E-state index in [4.69, 9.17) is 9.84 Å². The first-order valence-electron chi connectivity index (χ1n) is 5.30. The molecule has 0 unspecified atom stereocenters. The van der Waals surface area contributed by atoms with Crippen LogP contribution in [0.1, 0.15) is 22.3 Å². The minimum absolute atomic E-state index is 0.209. The highest BCUT2D eigenvalue weighted by molar-refractivity contribution is 7.17. The van der Waals surface area contributed by atoms with Crippen molar-refractivity contribution in [2.45, 2.75) is 13.8 Å². The third kappa shape index (κ3) is 4.51. The highest BCUT2D eigenvalue weighted by Gasteiger charge is 2.16. The molecule has 8 heteroatoms. The van der Waals surface area contributed by atoms with Crippen LogP contribution in [-0.2, 0) is 14.3 Å². The van der Waals surface area contributed by atoms with Gasteiger partial charge in [0.05, 0.1) is 12.3 Å². The number of thiazole rings is 1. The van der Waals surface area contributed by atoms with Crippen LogP contribution in [0.4, 0.5) is 5.13 Å². The number of esters is 1. The first-order valence-corrected chi connectivity index (χ1v) is 6.12. The van der Waals surface area contributed by atoms with Crippen LogP contribution in [-0.4, -0.2) is 34.5 Å². The fraction of sp³-hybridized carbons (Fsp3) is 0.273. The largest absolute Gasteiger partial charge is 0.478 e. The molecule has 1 amide bonds. The van der Waals surface area contributed by atoms with Gasteiger partial charge in [0.15, 0.2) is 5.13 Å². The minimum atomic E-state index is -1.22. The molecule has 1 aromatic rings. The third-order valence-corrected chi connectivity index (χ3v) is 2.92. The maximum atomic E-state index is 11.5. The summed E-state index contributed by atoms with van der Waals surface area (Å²) in [6, 6.07) is 0. The van der Waals surface area contributed by atoms with Crippen LogP contribution in [0, 0.1) is 6.92 Å². The van der Waals surface area contributed by atoms with Crippen molar-refractivity contribution in [3.63, 3.8) is 0 Å². The number of carbonyl (C=O) groups excluding carboxylic acids is 2. The van der Waals surface area contributed by atoms with Gasteiger partial charge in [-0.2, -0.15) is 0 Å². The maximum absolute atomic E-state index is 11.5. The predicted molar refractivity (Wildman–Crippen MR) is 68.2 cm³/mol. The Morgan fingerprint density at radius 2 is 2.11 bits per heavy atom. The Kier molecular flexibility index (Phi) is 5.19. The van der Waals surface area contributed by atoms with Crippen molar-refractivity contribution in [3.8, 4) is 0 Å². The van der Waals surface area contributed by atoms with E-state index in [1.54, 1.807) is 13.8 Å². The number of ether oxygens (including phenoxy) is 1. The van der Waals surface area contributed by atoms with Gasteiger partial charge in [-0.3, -0.25) is 10.1 Å². The number of aliphatic carboxylic acids is 1. The number of rotatable bonds is 5. The average molecular weight is 284 g/mol. The standard InChI is InChI=1S/C11H12N2O5S/c1-3-18-10(17)9-6(2)12-11(19-9)13-7(14)4-5-8(15)16/h4-5H,3H2,1-2H3,(H,15,16)(H,12,13,14)/b5-4-. The Bertz CT molecular complexity index is 535. The molecule has 2 N–H and O–H groups in total. The predicted octanol–water partition coefficient (Wildman–Crippen LogP) is 1.21. The number of anilines is 1. The van der Waals surface area contributed by atoms with E-state index in [1.165, 1.54) is 0 Å². The van der Waals surface area contributed by atoms with Gasteiger partial charge in [0.1, 0.15) is 4.88 Å². The highest BCUT2D eigenvalue weighted by Crippen LogP contribution is 2.23. The van der Waals surface area contributed by atoms with Gasteiger partial charge >= 0.3 is 11.9 Å². The molecule has 0 aliphatic heterocycles. The number of carbonyl (C=O) groups is 3. The lowest BCUT2D eigenvalue weighted by Crippen LogP contribution is -2.08. The Morgan fingerprint density at radius 3 is 2.68 bits per heavy atom. The summed E-state index contributed by atoms with van der Waals surface area (Å²) >= 11 is 0.971. The van der Waals surface area contributed by atoms with Gasteiger partial charge < -0.3 is 9.84 Å². The van der Waals surface area contributed by atoms with Crippen LogP contribution in [0.3, 0.4) is 0 Å². The normalized spacial score (nSPS) is 10.4. The van der Waals surface area contributed by atoms with Crippen LogP contribution < -0.4 is 5.32 Å². The summed E-state index contributed by atoms with van der Waals surface area (Å²) in [5.74, 6) is -2.36. The minimum Gasteiger partial charge on any atom is -0.478 e. The van der Waals surface area contributed by atoms with Gasteiger partial charge in [0, 0.05) is 12.2 Å². The number of amides is 1. The number of nitrogens with zero attached hydrogens (tertiary/aromatic N) is 1. The second kappa shape index (κ2) is 6.64. The molecule has 0 fully saturated rings. The molecular weight excluding hydrogens is 272 g/mol. The number of aromatic nitrogens is 1. The van der Waals surface area contributed by atoms with Crippen molar-refractivity contribution < 1.29 is 24.2 Å². The smallest absolute Gasteiger partial charge is 0.350 e. The van der Waals surface area contributed by atoms with Gasteiger partial charge in [-0.05, 0) is 13.8 Å². The van der Waals surface area contributed by atoms with E-state index in [-0.39, 0.29) is 11.7 Å². The zero-order chi connectivity index (χ0) is 14.4. The van der Waals surface area contributed by atoms with Crippen molar-refractivity contribution in [3.05, 3.63) is 22.7 Å². The van der Waals surface area contributed by atoms with E-state index in [1.807, 2.05) is 0 Å². The molecule has 0 spiro atoms. The molecule has 0 aromatic carbocycles. The summed E-state index contributed by atoms with van der Waals surface area (Å²) < 4.78 is 4.83. The molecule has 102 valence electrons. The Labute approximate surface area is 112 Å². The summed E-state index contributed by atoms with van der Waals surface area (Å²) in [5.41, 5.74) is 0.445. The molecule has 7 nitrogen and oxygen atoms in total. The highest BCUT2D eigenvalue weighted by atomic mass is 32.1. The second-order valence-corrected chi connectivity index (χ2v) is 4.31. The molecule has 1 aromatic heterocycles.